The van der Waals surface area contributed by atoms with Crippen molar-refractivity contribution in [1.29, 1.82) is 0 Å². The van der Waals surface area contributed by atoms with E-state index in [9.17, 15) is 13.2 Å². The molecule has 0 radical (unpaired) electrons. The van der Waals surface area contributed by atoms with Crippen molar-refractivity contribution in [2.75, 3.05) is 18.6 Å². The van der Waals surface area contributed by atoms with Crippen LogP contribution in [0.15, 0.2) is 24.3 Å². The number of amides is 1. The highest BCUT2D eigenvalue weighted by atomic mass is 35.5. The zero-order valence-corrected chi connectivity index (χ0v) is 14.0. The van der Waals surface area contributed by atoms with Crippen molar-refractivity contribution in [3.05, 3.63) is 34.9 Å². The first kappa shape index (κ1) is 17.2. The van der Waals surface area contributed by atoms with Gasteiger partial charge in [-0.05, 0) is 24.6 Å². The van der Waals surface area contributed by atoms with E-state index in [1.165, 1.54) is 0 Å². The molecule has 2 rings (SSSR count). The van der Waals surface area contributed by atoms with Crippen LogP contribution in [0, 0.1) is 5.92 Å². The second kappa shape index (κ2) is 6.95. The van der Waals surface area contributed by atoms with E-state index in [4.69, 9.17) is 11.6 Å². The Morgan fingerprint density at radius 1 is 1.50 bits per heavy atom. The molecule has 122 valence electrons. The highest BCUT2D eigenvalue weighted by molar-refractivity contribution is 7.90. The molecular formula is C14H20ClN3O3S. The van der Waals surface area contributed by atoms with Crippen LogP contribution in [-0.4, -0.2) is 38.9 Å². The number of hydrogen-bond donors (Lipinski definition) is 3. The van der Waals surface area contributed by atoms with E-state index in [1.807, 2.05) is 18.2 Å². The fraction of sp³-hybridized carbons (Fsp3) is 0.500. The molecule has 0 aromatic heterocycles. The van der Waals surface area contributed by atoms with Crippen LogP contribution in [0.2, 0.25) is 5.02 Å². The van der Waals surface area contributed by atoms with E-state index < -0.39 is 15.9 Å². The van der Waals surface area contributed by atoms with Crippen molar-refractivity contribution in [3.8, 4) is 0 Å². The van der Waals surface area contributed by atoms with Crippen molar-refractivity contribution in [2.24, 2.45) is 5.92 Å². The Labute approximate surface area is 135 Å². The lowest BCUT2D eigenvalue weighted by molar-refractivity contribution is -0.125. The average Bonchev–Trinajstić information content (AvgIpc) is 2.85. The largest absolute Gasteiger partial charge is 0.352 e. The van der Waals surface area contributed by atoms with Gasteiger partial charge in [0.05, 0.1) is 17.7 Å². The molecule has 6 nitrogen and oxygen atoms in total. The van der Waals surface area contributed by atoms with Crippen LogP contribution in [0.3, 0.4) is 0 Å². The predicted octanol–water partition coefficient (Wildman–Crippen LogP) is 0.654. The summed E-state index contributed by atoms with van der Waals surface area (Å²) in [6.45, 7) is 2.15. The van der Waals surface area contributed by atoms with Gasteiger partial charge in [-0.2, -0.15) is 0 Å². The van der Waals surface area contributed by atoms with Gasteiger partial charge >= 0.3 is 0 Å². The summed E-state index contributed by atoms with van der Waals surface area (Å²) in [4.78, 5) is 12.4. The van der Waals surface area contributed by atoms with Gasteiger partial charge in [0.2, 0.25) is 5.91 Å². The molecule has 1 aromatic carbocycles. The van der Waals surface area contributed by atoms with E-state index in [2.05, 4.69) is 16.2 Å². The van der Waals surface area contributed by atoms with Crippen molar-refractivity contribution < 1.29 is 13.2 Å². The molecule has 0 spiro atoms. The maximum absolute atomic E-state index is 12.4. The van der Waals surface area contributed by atoms with Crippen LogP contribution < -0.4 is 16.2 Å². The van der Waals surface area contributed by atoms with Gasteiger partial charge in [-0.1, -0.05) is 23.7 Å². The smallest absolute Gasteiger partial charge is 0.226 e. The number of hydrogen-bond acceptors (Lipinski definition) is 5. The Hall–Kier alpha value is -1.15. The van der Waals surface area contributed by atoms with Gasteiger partial charge in [-0.15, -0.1) is 0 Å². The molecule has 3 atom stereocenters. The van der Waals surface area contributed by atoms with Crippen molar-refractivity contribution >= 4 is 27.3 Å². The van der Waals surface area contributed by atoms with Gasteiger partial charge in [0.15, 0.2) is 0 Å². The molecule has 0 saturated carbocycles. The highest BCUT2D eigenvalue weighted by Gasteiger charge is 2.34. The molecule has 1 aliphatic heterocycles. The Morgan fingerprint density at radius 2 is 2.23 bits per heavy atom. The van der Waals surface area contributed by atoms with E-state index in [1.54, 1.807) is 13.0 Å². The summed E-state index contributed by atoms with van der Waals surface area (Å²) < 4.78 is 22.6. The van der Waals surface area contributed by atoms with Gasteiger partial charge < -0.3 is 5.32 Å². The first-order chi connectivity index (χ1) is 10.3. The monoisotopic (exact) mass is 345 g/mol. The van der Waals surface area contributed by atoms with E-state index in [0.717, 1.165) is 11.8 Å². The SMILES string of the molecule is CC(CS(C)(=O)=O)NC(=O)C1CNNC1c1cccc(Cl)c1. The third-order valence-electron chi connectivity index (χ3n) is 3.47. The molecule has 1 aliphatic rings. The summed E-state index contributed by atoms with van der Waals surface area (Å²) >= 11 is 5.99. The summed E-state index contributed by atoms with van der Waals surface area (Å²) in [5.74, 6) is -0.590. The van der Waals surface area contributed by atoms with Gasteiger partial charge in [-0.25, -0.2) is 13.8 Å². The normalized spacial score (nSPS) is 23.2. The quantitative estimate of drug-likeness (QED) is 0.729. The number of hydrazine groups is 1. The Morgan fingerprint density at radius 3 is 2.86 bits per heavy atom. The molecule has 1 aromatic rings. The van der Waals surface area contributed by atoms with Crippen LogP contribution in [-0.2, 0) is 14.6 Å². The standard InChI is InChI=1S/C14H20ClN3O3S/c1-9(8-22(2,20)21)17-14(19)12-7-16-18-13(12)10-4-3-5-11(15)6-10/h3-6,9,12-13,16,18H,7-8H2,1-2H3,(H,17,19). The van der Waals surface area contributed by atoms with Crippen LogP contribution >= 0.6 is 11.6 Å². The van der Waals surface area contributed by atoms with Gasteiger partial charge in [0, 0.05) is 23.9 Å². The topological polar surface area (TPSA) is 87.3 Å². The lowest BCUT2D eigenvalue weighted by Gasteiger charge is -2.21. The number of carbonyl (C=O) groups is 1. The van der Waals surface area contributed by atoms with Crippen molar-refractivity contribution in [2.45, 2.75) is 19.0 Å². The maximum Gasteiger partial charge on any atom is 0.226 e. The molecule has 0 aliphatic carbocycles. The zero-order valence-electron chi connectivity index (χ0n) is 12.5. The van der Waals surface area contributed by atoms with Crippen LogP contribution in [0.5, 0.6) is 0 Å². The third kappa shape index (κ3) is 4.67. The van der Waals surface area contributed by atoms with Crippen molar-refractivity contribution in [3.63, 3.8) is 0 Å². The maximum atomic E-state index is 12.4. The minimum Gasteiger partial charge on any atom is -0.352 e. The Bertz CT molecular complexity index is 650. The summed E-state index contributed by atoms with van der Waals surface area (Å²) in [5, 5.41) is 3.37. The zero-order chi connectivity index (χ0) is 16.3. The van der Waals surface area contributed by atoms with Gasteiger partial charge in [-0.3, -0.25) is 10.2 Å². The van der Waals surface area contributed by atoms with Crippen LogP contribution in [0.4, 0.5) is 0 Å². The number of carbonyl (C=O) groups excluding carboxylic acids is 1. The molecule has 8 heteroatoms. The highest BCUT2D eigenvalue weighted by Crippen LogP contribution is 2.27. The van der Waals surface area contributed by atoms with Crippen molar-refractivity contribution in [1.82, 2.24) is 16.2 Å². The average molecular weight is 346 g/mol. The minimum atomic E-state index is -3.13. The molecule has 1 fully saturated rings. The molecule has 3 unspecified atom stereocenters. The van der Waals surface area contributed by atoms with Gasteiger partial charge in [0.25, 0.3) is 0 Å². The summed E-state index contributed by atoms with van der Waals surface area (Å²) in [6, 6.07) is 6.69. The van der Waals surface area contributed by atoms with E-state index in [0.29, 0.717) is 11.6 Å². The predicted molar refractivity (Wildman–Crippen MR) is 86.1 cm³/mol. The fourth-order valence-electron chi connectivity index (χ4n) is 2.60. The lowest BCUT2D eigenvalue weighted by Crippen LogP contribution is -2.42. The van der Waals surface area contributed by atoms with Crippen LogP contribution in [0.25, 0.3) is 0 Å². The van der Waals surface area contributed by atoms with Crippen LogP contribution in [0.1, 0.15) is 18.5 Å². The first-order valence-corrected chi connectivity index (χ1v) is 9.42. The number of nitrogens with one attached hydrogen (secondary N) is 3. The van der Waals surface area contributed by atoms with E-state index in [-0.39, 0.29) is 23.6 Å². The Balaban J connectivity index is 2.05. The number of halogens is 1. The minimum absolute atomic E-state index is 0.0752. The third-order valence-corrected chi connectivity index (χ3v) is 4.81. The molecule has 1 saturated heterocycles. The molecule has 22 heavy (non-hydrogen) atoms. The molecule has 1 amide bonds. The van der Waals surface area contributed by atoms with E-state index >= 15 is 0 Å². The Kier molecular flexibility index (Phi) is 5.44. The number of benzene rings is 1. The number of sulfone groups is 1. The lowest BCUT2D eigenvalue weighted by atomic mass is 9.94. The molecule has 0 bridgehead atoms. The summed E-state index contributed by atoms with van der Waals surface area (Å²) in [5.41, 5.74) is 6.95. The second-order valence-corrected chi connectivity index (χ2v) is 8.29. The molecule has 3 N–H and O–H groups in total. The number of rotatable bonds is 5. The summed E-state index contributed by atoms with van der Waals surface area (Å²) in [6.07, 6.45) is 1.16. The van der Waals surface area contributed by atoms with Gasteiger partial charge in [0.1, 0.15) is 9.84 Å². The second-order valence-electron chi connectivity index (χ2n) is 5.67. The molecular weight excluding hydrogens is 326 g/mol. The first-order valence-electron chi connectivity index (χ1n) is 6.98. The fourth-order valence-corrected chi connectivity index (χ4v) is 3.79. The summed E-state index contributed by atoms with van der Waals surface area (Å²) in [7, 11) is -3.13. The molecule has 1 heterocycles.